The maximum Gasteiger partial charge on any atom is 0.119 e. The number of alkyl halides is 1. The lowest BCUT2D eigenvalue weighted by Crippen LogP contribution is -2.36. The zero-order chi connectivity index (χ0) is 19.0. The molecule has 3 nitrogen and oxygen atoms in total. The molecule has 0 radical (unpaired) electrons. The van der Waals surface area contributed by atoms with Gasteiger partial charge in [0.25, 0.3) is 0 Å². The lowest BCUT2D eigenvalue weighted by atomic mass is 10.1. The SMILES string of the molecule is CSc1ccc(-c2ccc(OCC3C4CN(CC(C)(C)F)CC34)cc2)nc1. The Kier molecular flexibility index (Phi) is 5.17. The molecule has 4 rings (SSSR count). The minimum Gasteiger partial charge on any atom is -0.493 e. The van der Waals surface area contributed by atoms with Crippen LogP contribution in [0.15, 0.2) is 47.5 Å². The topological polar surface area (TPSA) is 25.4 Å². The average Bonchev–Trinajstić information content (AvgIpc) is 3.11. The number of nitrogens with zero attached hydrogens (tertiary/aromatic N) is 2. The number of benzene rings is 1. The third-order valence-corrected chi connectivity index (χ3v) is 6.32. The van der Waals surface area contributed by atoms with Gasteiger partial charge >= 0.3 is 0 Å². The van der Waals surface area contributed by atoms with E-state index in [-0.39, 0.29) is 0 Å². The first-order valence-electron chi connectivity index (χ1n) is 9.57. The maximum atomic E-state index is 13.8. The molecular weight excluding hydrogens is 359 g/mol. The van der Waals surface area contributed by atoms with E-state index in [4.69, 9.17) is 4.74 Å². The number of likely N-dealkylation sites (tertiary alicyclic amines) is 1. The average molecular weight is 387 g/mol. The molecule has 0 spiro atoms. The third kappa shape index (κ3) is 4.46. The molecule has 0 amide bonds. The molecule has 2 heterocycles. The van der Waals surface area contributed by atoms with E-state index in [1.165, 1.54) is 4.90 Å². The zero-order valence-corrected chi connectivity index (χ0v) is 17.0. The van der Waals surface area contributed by atoms with Crippen molar-refractivity contribution in [3.63, 3.8) is 0 Å². The number of thioether (sulfide) groups is 1. The van der Waals surface area contributed by atoms with Gasteiger partial charge in [0.15, 0.2) is 0 Å². The summed E-state index contributed by atoms with van der Waals surface area (Å²) >= 11 is 1.70. The Morgan fingerprint density at radius 3 is 2.41 bits per heavy atom. The fraction of sp³-hybridized carbons (Fsp3) is 0.500. The summed E-state index contributed by atoms with van der Waals surface area (Å²) in [6, 6.07) is 12.3. The molecule has 2 fully saturated rings. The van der Waals surface area contributed by atoms with Crippen molar-refractivity contribution in [1.29, 1.82) is 0 Å². The first-order chi connectivity index (χ1) is 12.9. The zero-order valence-electron chi connectivity index (χ0n) is 16.2. The van der Waals surface area contributed by atoms with Crippen molar-refractivity contribution in [2.45, 2.75) is 24.4 Å². The summed E-state index contributed by atoms with van der Waals surface area (Å²) in [5, 5.41) is 0. The Morgan fingerprint density at radius 1 is 1.15 bits per heavy atom. The van der Waals surface area contributed by atoms with Crippen molar-refractivity contribution < 1.29 is 9.13 Å². The van der Waals surface area contributed by atoms with Crippen LogP contribution in [-0.4, -0.2) is 48.0 Å². The van der Waals surface area contributed by atoms with E-state index in [1.54, 1.807) is 25.6 Å². The second-order valence-electron chi connectivity index (χ2n) is 8.32. The predicted molar refractivity (Wildman–Crippen MR) is 109 cm³/mol. The number of halogens is 1. The van der Waals surface area contributed by atoms with Crippen molar-refractivity contribution in [1.82, 2.24) is 9.88 Å². The molecule has 0 bridgehead atoms. The van der Waals surface area contributed by atoms with Crippen LogP contribution in [0, 0.1) is 17.8 Å². The molecule has 1 saturated heterocycles. The van der Waals surface area contributed by atoms with Crippen LogP contribution in [0.4, 0.5) is 4.39 Å². The summed E-state index contributed by atoms with van der Waals surface area (Å²) in [4.78, 5) is 7.94. The van der Waals surface area contributed by atoms with Gasteiger partial charge in [0.1, 0.15) is 11.4 Å². The van der Waals surface area contributed by atoms with E-state index in [0.717, 1.165) is 36.7 Å². The van der Waals surface area contributed by atoms with Crippen LogP contribution in [0.3, 0.4) is 0 Å². The molecule has 2 aliphatic rings. The molecule has 5 heteroatoms. The molecule has 27 heavy (non-hydrogen) atoms. The molecule has 0 N–H and O–H groups in total. The van der Waals surface area contributed by atoms with Gasteiger partial charge in [0.2, 0.25) is 0 Å². The summed E-state index contributed by atoms with van der Waals surface area (Å²) in [6.07, 6.45) is 3.96. The van der Waals surface area contributed by atoms with Gasteiger partial charge < -0.3 is 4.74 Å². The van der Waals surface area contributed by atoms with Gasteiger partial charge in [-0.2, -0.15) is 0 Å². The third-order valence-electron chi connectivity index (χ3n) is 5.61. The van der Waals surface area contributed by atoms with Gasteiger partial charge in [-0.25, -0.2) is 4.39 Å². The van der Waals surface area contributed by atoms with Crippen molar-refractivity contribution in [2.75, 3.05) is 32.5 Å². The highest BCUT2D eigenvalue weighted by atomic mass is 32.2. The van der Waals surface area contributed by atoms with Gasteiger partial charge in [-0.3, -0.25) is 9.88 Å². The van der Waals surface area contributed by atoms with Crippen molar-refractivity contribution in [3.8, 4) is 17.0 Å². The molecule has 1 saturated carbocycles. The number of piperidine rings is 1. The number of pyridine rings is 1. The molecule has 1 aromatic carbocycles. The lowest BCUT2D eigenvalue weighted by molar-refractivity contribution is 0.126. The molecule has 144 valence electrons. The van der Waals surface area contributed by atoms with E-state index >= 15 is 0 Å². The smallest absolute Gasteiger partial charge is 0.119 e. The molecular formula is C22H27FN2OS. The minimum absolute atomic E-state index is 0.543. The van der Waals surface area contributed by atoms with Crippen LogP contribution in [0.5, 0.6) is 5.75 Å². The molecule has 1 aliphatic carbocycles. The van der Waals surface area contributed by atoms with Gasteiger partial charge in [0, 0.05) is 42.2 Å². The second kappa shape index (κ2) is 7.44. The monoisotopic (exact) mass is 386 g/mol. The molecule has 1 aromatic heterocycles. The summed E-state index contributed by atoms with van der Waals surface area (Å²) in [6.45, 7) is 6.66. The highest BCUT2D eigenvalue weighted by Gasteiger charge is 2.56. The highest BCUT2D eigenvalue weighted by Crippen LogP contribution is 2.52. The Labute approximate surface area is 165 Å². The van der Waals surface area contributed by atoms with Crippen molar-refractivity contribution in [3.05, 3.63) is 42.6 Å². The Morgan fingerprint density at radius 2 is 1.85 bits per heavy atom. The van der Waals surface area contributed by atoms with Crippen molar-refractivity contribution >= 4 is 11.8 Å². The summed E-state index contributed by atoms with van der Waals surface area (Å²) in [5.41, 5.74) is 0.976. The molecule has 1 aliphatic heterocycles. The van der Waals surface area contributed by atoms with E-state index < -0.39 is 5.67 Å². The normalized spacial score (nSPS) is 24.7. The molecule has 2 atom stereocenters. The Bertz CT molecular complexity index is 760. The van der Waals surface area contributed by atoms with Crippen LogP contribution >= 0.6 is 11.8 Å². The quantitative estimate of drug-likeness (QED) is 0.640. The summed E-state index contributed by atoms with van der Waals surface area (Å²) < 4.78 is 19.8. The fourth-order valence-electron chi connectivity index (χ4n) is 4.23. The van der Waals surface area contributed by atoms with E-state index in [0.29, 0.717) is 24.3 Å². The van der Waals surface area contributed by atoms with Crippen LogP contribution < -0.4 is 4.74 Å². The number of rotatable bonds is 7. The van der Waals surface area contributed by atoms with E-state index in [2.05, 4.69) is 40.4 Å². The van der Waals surface area contributed by atoms with Gasteiger partial charge in [-0.15, -0.1) is 11.8 Å². The number of fused-ring (bicyclic) bond motifs is 1. The summed E-state index contributed by atoms with van der Waals surface area (Å²) in [7, 11) is 0. The second-order valence-corrected chi connectivity index (χ2v) is 9.20. The number of ether oxygens (including phenoxy) is 1. The summed E-state index contributed by atoms with van der Waals surface area (Å²) in [5.74, 6) is 2.91. The fourth-order valence-corrected chi connectivity index (χ4v) is 4.59. The minimum atomic E-state index is -1.10. The largest absolute Gasteiger partial charge is 0.493 e. The Balaban J connectivity index is 1.26. The van der Waals surface area contributed by atoms with Crippen LogP contribution in [0.25, 0.3) is 11.3 Å². The van der Waals surface area contributed by atoms with Crippen LogP contribution in [0.2, 0.25) is 0 Å². The number of hydrogen-bond donors (Lipinski definition) is 0. The van der Waals surface area contributed by atoms with Crippen molar-refractivity contribution in [2.24, 2.45) is 17.8 Å². The highest BCUT2D eigenvalue weighted by molar-refractivity contribution is 7.98. The maximum absolute atomic E-state index is 13.8. The van der Waals surface area contributed by atoms with E-state index in [9.17, 15) is 4.39 Å². The first-order valence-corrected chi connectivity index (χ1v) is 10.8. The molecule has 2 unspecified atom stereocenters. The predicted octanol–water partition coefficient (Wildman–Crippen LogP) is 4.78. The van der Waals surface area contributed by atoms with Crippen LogP contribution in [-0.2, 0) is 0 Å². The number of aromatic nitrogens is 1. The first kappa shape index (κ1) is 18.8. The standard InChI is InChI=1S/C22H27FN2OS/c1-22(2,23)14-25-11-18-19(12-25)20(18)13-26-16-6-4-15(5-7-16)21-9-8-17(27-3)10-24-21/h4-10,18-20H,11-14H2,1-3H3. The molecule has 2 aromatic rings. The van der Waals surface area contributed by atoms with E-state index in [1.807, 2.05) is 18.3 Å². The van der Waals surface area contributed by atoms with Crippen LogP contribution in [0.1, 0.15) is 13.8 Å². The van der Waals surface area contributed by atoms with Gasteiger partial charge in [0.05, 0.1) is 12.3 Å². The Hall–Kier alpha value is -1.59. The number of hydrogen-bond acceptors (Lipinski definition) is 4. The van der Waals surface area contributed by atoms with Gasteiger partial charge in [-0.05, 0) is 68.3 Å². The lowest BCUT2D eigenvalue weighted by Gasteiger charge is -2.25. The van der Waals surface area contributed by atoms with Gasteiger partial charge in [-0.1, -0.05) is 0 Å².